The van der Waals surface area contributed by atoms with E-state index in [2.05, 4.69) is 26.7 Å². The molecule has 0 radical (unpaired) electrons. The van der Waals surface area contributed by atoms with Gasteiger partial charge in [0.15, 0.2) is 0 Å². The number of nitrogens with zero attached hydrogens (tertiary/aromatic N) is 3. The highest BCUT2D eigenvalue weighted by atomic mass is 19.1. The Morgan fingerprint density at radius 2 is 1.71 bits per heavy atom. The fourth-order valence-corrected chi connectivity index (χ4v) is 4.12. The average molecular weight is 464 g/mol. The van der Waals surface area contributed by atoms with Gasteiger partial charge in [0, 0.05) is 12.7 Å². The smallest absolute Gasteiger partial charge is 0.336 e. The Labute approximate surface area is 201 Å². The minimum atomic E-state index is -0.996. The molecule has 5 aromatic rings. The van der Waals surface area contributed by atoms with Crippen LogP contribution < -0.4 is 0 Å². The number of halogens is 1. The van der Waals surface area contributed by atoms with Crippen molar-refractivity contribution in [2.75, 3.05) is 0 Å². The van der Waals surface area contributed by atoms with Gasteiger partial charge in [-0.2, -0.15) is 0 Å². The molecule has 2 heterocycles. The monoisotopic (exact) mass is 463 g/mol. The van der Waals surface area contributed by atoms with Crippen molar-refractivity contribution >= 4 is 29.2 Å². The third-order valence-corrected chi connectivity index (χ3v) is 5.98. The Balaban J connectivity index is 1.39. The molecule has 0 spiro atoms. The van der Waals surface area contributed by atoms with Crippen molar-refractivity contribution in [1.29, 1.82) is 0 Å². The number of carboxylic acids is 1. The Kier molecular flexibility index (Phi) is 5.94. The summed E-state index contributed by atoms with van der Waals surface area (Å²) in [6, 6.07) is 21.4. The average Bonchev–Trinajstić information content (AvgIpc) is 3.18. The molecule has 0 aliphatic rings. The quantitative estimate of drug-likeness (QED) is 0.293. The lowest BCUT2D eigenvalue weighted by Crippen LogP contribution is -2.01. The van der Waals surface area contributed by atoms with Crippen LogP contribution in [0.25, 0.3) is 34.3 Å². The molecule has 0 aliphatic carbocycles. The third-order valence-electron chi connectivity index (χ3n) is 5.98. The first kappa shape index (κ1) is 22.2. The lowest BCUT2D eigenvalue weighted by molar-refractivity contribution is 0.0696. The number of pyridine rings is 1. The van der Waals surface area contributed by atoms with Gasteiger partial charge in [0.1, 0.15) is 17.2 Å². The van der Waals surface area contributed by atoms with Crippen molar-refractivity contribution in [3.63, 3.8) is 0 Å². The molecule has 172 valence electrons. The predicted octanol–water partition coefficient (Wildman–Crippen LogP) is 6.46. The van der Waals surface area contributed by atoms with Crippen LogP contribution in [-0.4, -0.2) is 25.6 Å². The van der Waals surface area contributed by atoms with E-state index in [0.717, 1.165) is 39.1 Å². The molecular weight excluding hydrogens is 441 g/mol. The molecular formula is C29H22FN3O2. The van der Waals surface area contributed by atoms with Crippen LogP contribution in [0.15, 0.2) is 85.2 Å². The molecule has 0 saturated carbocycles. The topological polar surface area (TPSA) is 68.0 Å². The molecule has 0 bridgehead atoms. The number of carbonyl (C=O) groups is 1. The second-order valence-electron chi connectivity index (χ2n) is 8.30. The number of carboxylic acid groups (broad SMARTS) is 1. The van der Waals surface area contributed by atoms with E-state index in [1.165, 1.54) is 12.1 Å². The summed E-state index contributed by atoms with van der Waals surface area (Å²) in [5, 5.41) is 9.62. The number of fused-ring (bicyclic) bond motifs is 1. The van der Waals surface area contributed by atoms with E-state index >= 15 is 0 Å². The van der Waals surface area contributed by atoms with Gasteiger partial charge < -0.3 is 9.67 Å². The zero-order chi connectivity index (χ0) is 24.4. The molecule has 0 unspecified atom stereocenters. The summed E-state index contributed by atoms with van der Waals surface area (Å²) in [7, 11) is 0. The van der Waals surface area contributed by atoms with Crippen LogP contribution in [-0.2, 0) is 6.54 Å². The highest BCUT2D eigenvalue weighted by Gasteiger charge is 2.10. The van der Waals surface area contributed by atoms with Crippen LogP contribution in [0.4, 0.5) is 4.39 Å². The SMILES string of the molecule is Cc1nc2cnccc2n1Cc1ccc(C=Cc2cc(-c3ccc(F)cc3)ccc2C(=O)O)cc1. The molecule has 35 heavy (non-hydrogen) atoms. The zero-order valence-corrected chi connectivity index (χ0v) is 19.0. The summed E-state index contributed by atoms with van der Waals surface area (Å²) in [4.78, 5) is 20.5. The highest BCUT2D eigenvalue weighted by molar-refractivity contribution is 5.94. The van der Waals surface area contributed by atoms with Gasteiger partial charge in [0.25, 0.3) is 0 Å². The Bertz CT molecular complexity index is 1550. The molecule has 6 heteroatoms. The summed E-state index contributed by atoms with van der Waals surface area (Å²) >= 11 is 0. The minimum Gasteiger partial charge on any atom is -0.478 e. The van der Waals surface area contributed by atoms with Gasteiger partial charge in [-0.1, -0.05) is 54.6 Å². The standard InChI is InChI=1S/C29H22FN3O2/c1-19-32-27-17-31-15-14-28(27)33(19)18-21-4-2-20(3-5-21)6-7-24-16-23(10-13-26(24)29(34)35)22-8-11-25(30)12-9-22/h2-17H,18H2,1H3,(H,34,35). The van der Waals surface area contributed by atoms with Gasteiger partial charge >= 0.3 is 5.97 Å². The van der Waals surface area contributed by atoms with Gasteiger partial charge in [-0.25, -0.2) is 14.2 Å². The second kappa shape index (κ2) is 9.35. The van der Waals surface area contributed by atoms with Crippen molar-refractivity contribution in [2.24, 2.45) is 0 Å². The van der Waals surface area contributed by atoms with E-state index in [1.807, 2.05) is 37.3 Å². The number of benzene rings is 3. The molecule has 5 nitrogen and oxygen atoms in total. The number of hydrogen-bond acceptors (Lipinski definition) is 3. The molecule has 1 N–H and O–H groups in total. The van der Waals surface area contributed by atoms with E-state index in [-0.39, 0.29) is 11.4 Å². The Morgan fingerprint density at radius 3 is 2.46 bits per heavy atom. The highest BCUT2D eigenvalue weighted by Crippen LogP contribution is 2.25. The van der Waals surface area contributed by atoms with Gasteiger partial charge in [-0.15, -0.1) is 0 Å². The number of aromatic nitrogens is 3. The van der Waals surface area contributed by atoms with Crippen LogP contribution in [0.5, 0.6) is 0 Å². The van der Waals surface area contributed by atoms with Crippen molar-refractivity contribution in [3.05, 3.63) is 119 Å². The number of imidazole rings is 1. The molecule has 0 aliphatic heterocycles. The fourth-order valence-electron chi connectivity index (χ4n) is 4.12. The van der Waals surface area contributed by atoms with Crippen molar-refractivity contribution < 1.29 is 14.3 Å². The van der Waals surface area contributed by atoms with E-state index in [1.54, 1.807) is 42.7 Å². The van der Waals surface area contributed by atoms with Crippen LogP contribution in [0, 0.1) is 12.7 Å². The Hall–Kier alpha value is -4.58. The first-order chi connectivity index (χ1) is 17.0. The maximum Gasteiger partial charge on any atom is 0.336 e. The van der Waals surface area contributed by atoms with Crippen molar-refractivity contribution in [3.8, 4) is 11.1 Å². The summed E-state index contributed by atoms with van der Waals surface area (Å²) in [5.74, 6) is -0.379. The van der Waals surface area contributed by atoms with Crippen LogP contribution in [0.3, 0.4) is 0 Å². The van der Waals surface area contributed by atoms with Crippen LogP contribution in [0.1, 0.15) is 32.9 Å². The van der Waals surface area contributed by atoms with E-state index < -0.39 is 5.97 Å². The first-order valence-corrected chi connectivity index (χ1v) is 11.1. The lowest BCUT2D eigenvalue weighted by atomic mass is 9.98. The maximum absolute atomic E-state index is 13.3. The molecule has 3 aromatic carbocycles. The van der Waals surface area contributed by atoms with Gasteiger partial charge in [-0.05, 0) is 65.1 Å². The second-order valence-corrected chi connectivity index (χ2v) is 8.30. The van der Waals surface area contributed by atoms with E-state index in [0.29, 0.717) is 12.1 Å². The van der Waals surface area contributed by atoms with Gasteiger partial charge in [-0.3, -0.25) is 4.98 Å². The number of hydrogen-bond donors (Lipinski definition) is 1. The molecule has 2 aromatic heterocycles. The van der Waals surface area contributed by atoms with E-state index in [4.69, 9.17) is 0 Å². The summed E-state index contributed by atoms with van der Waals surface area (Å²) in [5.41, 5.74) is 6.44. The minimum absolute atomic E-state index is 0.209. The maximum atomic E-state index is 13.3. The third kappa shape index (κ3) is 4.73. The number of rotatable bonds is 6. The molecule has 5 rings (SSSR count). The number of aryl methyl sites for hydroxylation is 1. The summed E-state index contributed by atoms with van der Waals surface area (Å²) in [6.45, 7) is 2.68. The van der Waals surface area contributed by atoms with Crippen LogP contribution in [0.2, 0.25) is 0 Å². The molecule has 0 saturated heterocycles. The molecule has 0 fully saturated rings. The van der Waals surface area contributed by atoms with Crippen molar-refractivity contribution in [2.45, 2.75) is 13.5 Å². The zero-order valence-electron chi connectivity index (χ0n) is 19.0. The van der Waals surface area contributed by atoms with Crippen LogP contribution >= 0.6 is 0 Å². The molecule has 0 atom stereocenters. The largest absolute Gasteiger partial charge is 0.478 e. The molecule has 0 amide bonds. The summed E-state index contributed by atoms with van der Waals surface area (Å²) < 4.78 is 15.4. The van der Waals surface area contributed by atoms with Gasteiger partial charge in [0.2, 0.25) is 0 Å². The van der Waals surface area contributed by atoms with E-state index in [9.17, 15) is 14.3 Å². The first-order valence-electron chi connectivity index (χ1n) is 11.1. The fraction of sp³-hybridized carbons (Fsp3) is 0.0690. The van der Waals surface area contributed by atoms with Crippen molar-refractivity contribution in [1.82, 2.24) is 14.5 Å². The summed E-state index contributed by atoms with van der Waals surface area (Å²) in [6.07, 6.45) is 7.23. The number of aromatic carboxylic acids is 1. The normalized spacial score (nSPS) is 11.4. The predicted molar refractivity (Wildman–Crippen MR) is 136 cm³/mol. The van der Waals surface area contributed by atoms with Gasteiger partial charge in [0.05, 0.1) is 17.3 Å². The Morgan fingerprint density at radius 1 is 0.971 bits per heavy atom. The lowest BCUT2D eigenvalue weighted by Gasteiger charge is -2.08.